The Morgan fingerprint density at radius 1 is 0.720 bits per heavy atom. The molecule has 0 radical (unpaired) electrons. The van der Waals surface area contributed by atoms with E-state index in [0.29, 0.717) is 18.4 Å². The molecule has 0 heterocycles. The summed E-state index contributed by atoms with van der Waals surface area (Å²) in [4.78, 5) is 0. The Hall–Kier alpha value is -1.64. The largest absolute Gasteiger partial charge is 0.330 e. The van der Waals surface area contributed by atoms with Gasteiger partial charge in [0.1, 0.15) is 0 Å². The van der Waals surface area contributed by atoms with Crippen LogP contribution in [0, 0.1) is 17.8 Å². The molecule has 1 atom stereocenters. The second kappa shape index (κ2) is 7.72. The lowest BCUT2D eigenvalue weighted by Gasteiger charge is -2.57. The third-order valence-electron chi connectivity index (χ3n) is 6.14. The molecule has 0 aromatic heterocycles. The molecule has 4 N–H and O–H groups in total. The average Bonchev–Trinajstić information content (AvgIpc) is 2.63. The summed E-state index contributed by atoms with van der Waals surface area (Å²) in [5, 5.41) is 0. The van der Waals surface area contributed by atoms with Crippen LogP contribution >= 0.6 is 0 Å². The van der Waals surface area contributed by atoms with Crippen molar-refractivity contribution in [1.29, 1.82) is 0 Å². The van der Waals surface area contributed by atoms with E-state index in [9.17, 15) is 0 Å². The third-order valence-corrected chi connectivity index (χ3v) is 6.14. The summed E-state index contributed by atoms with van der Waals surface area (Å²) in [5.74, 6) is 0.788. The normalized spacial score (nSPS) is 14.1. The van der Waals surface area contributed by atoms with Gasteiger partial charge in [0.15, 0.2) is 0 Å². The Morgan fingerprint density at radius 3 is 1.36 bits per heavy atom. The van der Waals surface area contributed by atoms with E-state index in [2.05, 4.69) is 95.3 Å². The maximum atomic E-state index is 7.35. The molecule has 0 saturated carbocycles. The molecule has 25 heavy (non-hydrogen) atoms. The van der Waals surface area contributed by atoms with E-state index in [1.165, 1.54) is 11.1 Å². The standard InChI is InChI=1S/C23H34N2/c1-17(2)23(25,18(3)4)22(19(5)16-24,20-12-8-6-9-13-20)21-14-10-7-11-15-21/h6-15,17-19H,16,24-25H2,1-5H3. The minimum atomic E-state index is -0.436. The molecule has 136 valence electrons. The predicted molar refractivity (Wildman–Crippen MR) is 108 cm³/mol. The molecule has 1 unspecified atom stereocenters. The fourth-order valence-electron chi connectivity index (χ4n) is 4.82. The van der Waals surface area contributed by atoms with Crippen LogP contribution in [-0.2, 0) is 5.41 Å². The first-order chi connectivity index (χ1) is 11.8. The van der Waals surface area contributed by atoms with Gasteiger partial charge in [-0.2, -0.15) is 0 Å². The second-order valence-corrected chi connectivity index (χ2v) is 7.92. The first kappa shape index (κ1) is 19.7. The number of hydrogen-bond acceptors (Lipinski definition) is 2. The van der Waals surface area contributed by atoms with Crippen LogP contribution in [0.25, 0.3) is 0 Å². The topological polar surface area (TPSA) is 52.0 Å². The SMILES string of the molecule is CC(CN)C(c1ccccc1)(c1ccccc1)C(N)(C(C)C)C(C)C. The zero-order chi connectivity index (χ0) is 18.7. The van der Waals surface area contributed by atoms with Gasteiger partial charge in [-0.15, -0.1) is 0 Å². The van der Waals surface area contributed by atoms with Gasteiger partial charge in [0.05, 0.1) is 0 Å². The molecule has 2 nitrogen and oxygen atoms in total. The molecule has 0 bridgehead atoms. The maximum absolute atomic E-state index is 7.35. The Labute approximate surface area is 153 Å². The monoisotopic (exact) mass is 338 g/mol. The Morgan fingerprint density at radius 2 is 1.08 bits per heavy atom. The zero-order valence-corrected chi connectivity index (χ0v) is 16.4. The third kappa shape index (κ3) is 3.02. The van der Waals surface area contributed by atoms with Gasteiger partial charge in [-0.05, 0) is 35.4 Å². The van der Waals surface area contributed by atoms with E-state index in [4.69, 9.17) is 11.5 Å². The van der Waals surface area contributed by atoms with Gasteiger partial charge in [-0.3, -0.25) is 0 Å². The Kier molecular flexibility index (Phi) is 6.08. The molecule has 0 saturated heterocycles. The fraction of sp³-hybridized carbons (Fsp3) is 0.478. The molecular formula is C23H34N2. The molecule has 2 heteroatoms. The highest BCUT2D eigenvalue weighted by atomic mass is 14.9. The summed E-state index contributed by atoms with van der Waals surface area (Å²) in [6.45, 7) is 11.8. The van der Waals surface area contributed by atoms with Gasteiger partial charge >= 0.3 is 0 Å². The van der Waals surface area contributed by atoms with Crippen LogP contribution in [0.3, 0.4) is 0 Å². The summed E-state index contributed by atoms with van der Waals surface area (Å²) in [6.07, 6.45) is 0. The van der Waals surface area contributed by atoms with Crippen molar-refractivity contribution in [1.82, 2.24) is 0 Å². The highest BCUT2D eigenvalue weighted by molar-refractivity contribution is 5.46. The van der Waals surface area contributed by atoms with Crippen LogP contribution in [0.1, 0.15) is 45.7 Å². The van der Waals surface area contributed by atoms with Crippen molar-refractivity contribution < 1.29 is 0 Å². The summed E-state index contributed by atoms with van der Waals surface area (Å²) in [6, 6.07) is 21.4. The summed E-state index contributed by atoms with van der Waals surface area (Å²) in [5.41, 5.74) is 15.3. The van der Waals surface area contributed by atoms with Gasteiger partial charge in [-0.25, -0.2) is 0 Å². The molecule has 0 aliphatic heterocycles. The van der Waals surface area contributed by atoms with Gasteiger partial charge in [0.2, 0.25) is 0 Å². The van der Waals surface area contributed by atoms with Crippen LogP contribution < -0.4 is 11.5 Å². The second-order valence-electron chi connectivity index (χ2n) is 7.92. The number of nitrogens with two attached hydrogens (primary N) is 2. The lowest BCUT2D eigenvalue weighted by molar-refractivity contribution is 0.0862. The zero-order valence-electron chi connectivity index (χ0n) is 16.4. The van der Waals surface area contributed by atoms with E-state index < -0.39 is 5.54 Å². The van der Waals surface area contributed by atoms with E-state index in [1.54, 1.807) is 0 Å². The molecule has 2 aromatic carbocycles. The van der Waals surface area contributed by atoms with Crippen molar-refractivity contribution in [2.45, 2.75) is 45.6 Å². The molecule has 0 aliphatic rings. The van der Waals surface area contributed by atoms with Crippen LogP contribution in [0.2, 0.25) is 0 Å². The molecule has 0 amide bonds. The minimum absolute atomic E-state index is 0.201. The van der Waals surface area contributed by atoms with Crippen molar-refractivity contribution in [3.8, 4) is 0 Å². The maximum Gasteiger partial charge on any atom is 0.0424 e. The van der Waals surface area contributed by atoms with Gasteiger partial charge < -0.3 is 11.5 Å². The van der Waals surface area contributed by atoms with Gasteiger partial charge in [0, 0.05) is 11.0 Å². The number of rotatable bonds is 7. The van der Waals surface area contributed by atoms with Crippen LogP contribution in [0.5, 0.6) is 0 Å². The molecule has 2 aromatic rings. The Bertz CT molecular complexity index is 599. The molecular weight excluding hydrogens is 304 g/mol. The lowest BCUT2D eigenvalue weighted by atomic mass is 9.49. The van der Waals surface area contributed by atoms with E-state index in [1.807, 2.05) is 0 Å². The summed E-state index contributed by atoms with van der Waals surface area (Å²) < 4.78 is 0. The number of benzene rings is 2. The highest BCUT2D eigenvalue weighted by Gasteiger charge is 2.56. The minimum Gasteiger partial charge on any atom is -0.330 e. The van der Waals surface area contributed by atoms with Gasteiger partial charge in [-0.1, -0.05) is 95.3 Å². The Balaban J connectivity index is 2.95. The molecule has 0 spiro atoms. The highest BCUT2D eigenvalue weighted by Crippen LogP contribution is 2.52. The molecule has 0 aliphatic carbocycles. The first-order valence-corrected chi connectivity index (χ1v) is 9.43. The molecule has 0 fully saturated rings. The van der Waals surface area contributed by atoms with Crippen LogP contribution in [0.4, 0.5) is 0 Å². The summed E-state index contributed by atoms with van der Waals surface area (Å²) in [7, 11) is 0. The van der Waals surface area contributed by atoms with Crippen molar-refractivity contribution in [3.05, 3.63) is 71.8 Å². The average molecular weight is 339 g/mol. The number of hydrogen-bond donors (Lipinski definition) is 2. The van der Waals surface area contributed by atoms with Crippen LogP contribution in [-0.4, -0.2) is 12.1 Å². The smallest absolute Gasteiger partial charge is 0.0424 e. The van der Waals surface area contributed by atoms with E-state index >= 15 is 0 Å². The van der Waals surface area contributed by atoms with Crippen molar-refractivity contribution in [3.63, 3.8) is 0 Å². The van der Waals surface area contributed by atoms with Crippen molar-refractivity contribution in [2.75, 3.05) is 6.54 Å². The fourth-order valence-corrected chi connectivity index (χ4v) is 4.82. The first-order valence-electron chi connectivity index (χ1n) is 9.43. The molecule has 2 rings (SSSR count). The van der Waals surface area contributed by atoms with E-state index in [-0.39, 0.29) is 11.3 Å². The van der Waals surface area contributed by atoms with Crippen molar-refractivity contribution in [2.24, 2.45) is 29.2 Å². The lowest BCUT2D eigenvalue weighted by Crippen LogP contribution is -2.68. The van der Waals surface area contributed by atoms with E-state index in [0.717, 1.165) is 0 Å². The van der Waals surface area contributed by atoms with Crippen molar-refractivity contribution >= 4 is 0 Å². The van der Waals surface area contributed by atoms with Crippen LogP contribution in [0.15, 0.2) is 60.7 Å². The quantitative estimate of drug-likeness (QED) is 0.776. The summed E-state index contributed by atoms with van der Waals surface area (Å²) >= 11 is 0. The predicted octanol–water partition coefficient (Wildman–Crippen LogP) is 4.58. The van der Waals surface area contributed by atoms with Gasteiger partial charge in [0.25, 0.3) is 0 Å².